The number of primary amides is 1. The Hall–Kier alpha value is -3.82. The van der Waals surface area contributed by atoms with E-state index in [0.29, 0.717) is 28.8 Å². The van der Waals surface area contributed by atoms with Gasteiger partial charge in [-0.15, -0.1) is 0 Å². The van der Waals surface area contributed by atoms with Crippen molar-refractivity contribution in [3.63, 3.8) is 0 Å². The van der Waals surface area contributed by atoms with Crippen LogP contribution in [0.25, 0.3) is 10.8 Å². The molecule has 3 rings (SSSR count). The number of aliphatic hydroxyl groups excluding tert-OH is 2. The number of para-hydroxylation sites is 2. The Morgan fingerprint density at radius 3 is 1.89 bits per heavy atom. The number of hydrogen-bond acceptors (Lipinski definition) is 7. The fraction of sp³-hybridized carbons (Fsp3) is 0.514. The van der Waals surface area contributed by atoms with Gasteiger partial charge in [-0.2, -0.15) is 0 Å². The van der Waals surface area contributed by atoms with Crippen molar-refractivity contribution in [1.82, 2.24) is 0 Å². The topological polar surface area (TPSA) is 151 Å². The number of hydrogen-bond donors (Lipinski definition) is 5. The van der Waals surface area contributed by atoms with Crippen LogP contribution >= 0.6 is 0 Å². The van der Waals surface area contributed by atoms with Crippen LogP contribution in [0, 0.1) is 0 Å². The van der Waals surface area contributed by atoms with E-state index in [4.69, 9.17) is 15.2 Å². The predicted molar refractivity (Wildman–Crippen MR) is 183 cm³/mol. The lowest BCUT2D eigenvalue weighted by molar-refractivity contribution is -0.136. The number of benzene rings is 3. The summed E-state index contributed by atoms with van der Waals surface area (Å²) in [4.78, 5) is 26.0. The highest BCUT2D eigenvalue weighted by Gasteiger charge is 2.39. The van der Waals surface area contributed by atoms with Crippen LogP contribution in [-0.4, -0.2) is 52.6 Å². The number of carbonyl (C=O) groups is 2. The van der Waals surface area contributed by atoms with E-state index in [1.54, 1.807) is 42.5 Å². The van der Waals surface area contributed by atoms with Crippen molar-refractivity contribution in [3.8, 4) is 17.2 Å². The Kier molecular flexibility index (Phi) is 15.6. The quantitative estimate of drug-likeness (QED) is 0.0688. The van der Waals surface area contributed by atoms with Gasteiger partial charge >= 0.3 is 0 Å². The molecule has 46 heavy (non-hydrogen) atoms. The highest BCUT2D eigenvalue weighted by molar-refractivity contribution is 6.11. The summed E-state index contributed by atoms with van der Waals surface area (Å²) in [5.41, 5.74) is 4.31. The Balaban J connectivity index is 1.64. The molecule has 0 aliphatic carbocycles. The number of amides is 2. The van der Waals surface area contributed by atoms with Gasteiger partial charge in [-0.05, 0) is 24.6 Å². The van der Waals surface area contributed by atoms with Crippen LogP contribution in [0.4, 0.5) is 5.69 Å². The first-order valence-corrected chi connectivity index (χ1v) is 16.9. The van der Waals surface area contributed by atoms with E-state index < -0.39 is 30.6 Å². The molecule has 0 radical (unpaired) electrons. The lowest BCUT2D eigenvalue weighted by atomic mass is 9.94. The first kappa shape index (κ1) is 36.6. The largest absolute Gasteiger partial charge is 0.506 e. The van der Waals surface area contributed by atoms with Gasteiger partial charge in [0.2, 0.25) is 0 Å². The zero-order valence-corrected chi connectivity index (χ0v) is 27.3. The summed E-state index contributed by atoms with van der Waals surface area (Å²) in [6, 6.07) is 15.2. The van der Waals surface area contributed by atoms with Crippen molar-refractivity contribution in [2.45, 2.75) is 102 Å². The second-order valence-electron chi connectivity index (χ2n) is 11.9. The molecular formula is C37H52N2O7. The minimum absolute atomic E-state index is 0.0872. The van der Waals surface area contributed by atoms with Crippen molar-refractivity contribution in [1.29, 1.82) is 0 Å². The number of phenolic OH excluding ortho intramolecular Hbond substituents is 1. The van der Waals surface area contributed by atoms with E-state index in [9.17, 15) is 24.9 Å². The molecule has 0 saturated heterocycles. The number of phenols is 1. The molecule has 9 heteroatoms. The van der Waals surface area contributed by atoms with Crippen molar-refractivity contribution < 1.29 is 34.4 Å². The maximum absolute atomic E-state index is 13.6. The molecule has 3 aromatic rings. The molecule has 0 unspecified atom stereocenters. The number of aromatic hydroxyl groups is 1. The zero-order chi connectivity index (χ0) is 33.2. The van der Waals surface area contributed by atoms with Gasteiger partial charge in [-0.25, -0.2) is 0 Å². The van der Waals surface area contributed by atoms with Gasteiger partial charge in [0, 0.05) is 36.8 Å². The maximum atomic E-state index is 13.6. The molecule has 0 atom stereocenters. The molecule has 0 saturated carbocycles. The molecule has 0 heterocycles. The van der Waals surface area contributed by atoms with Crippen molar-refractivity contribution in [2.75, 3.05) is 25.1 Å². The lowest BCUT2D eigenvalue weighted by Crippen LogP contribution is -2.50. The number of aliphatic hydroxyl groups is 2. The molecule has 0 bridgehead atoms. The molecule has 6 N–H and O–H groups in total. The third kappa shape index (κ3) is 10.6. The van der Waals surface area contributed by atoms with Crippen LogP contribution < -0.4 is 20.5 Å². The normalized spacial score (nSPS) is 11.5. The smallest absolute Gasteiger partial charge is 0.261 e. The van der Waals surface area contributed by atoms with Crippen molar-refractivity contribution >= 4 is 28.3 Å². The first-order chi connectivity index (χ1) is 22.4. The average Bonchev–Trinajstić information content (AvgIpc) is 3.05. The molecule has 0 aliphatic rings. The summed E-state index contributed by atoms with van der Waals surface area (Å²) < 4.78 is 12.1. The van der Waals surface area contributed by atoms with Gasteiger partial charge in [0.15, 0.2) is 5.60 Å². The summed E-state index contributed by atoms with van der Waals surface area (Å²) in [6.07, 6.45) is 14.7. The Morgan fingerprint density at radius 1 is 0.761 bits per heavy atom. The van der Waals surface area contributed by atoms with Crippen LogP contribution in [0.5, 0.6) is 17.2 Å². The monoisotopic (exact) mass is 636 g/mol. The van der Waals surface area contributed by atoms with E-state index in [1.165, 1.54) is 70.3 Å². The molecule has 9 nitrogen and oxygen atoms in total. The fourth-order valence-electron chi connectivity index (χ4n) is 5.69. The predicted octanol–water partition coefficient (Wildman–Crippen LogP) is 7.25. The van der Waals surface area contributed by atoms with E-state index in [-0.39, 0.29) is 29.9 Å². The number of nitrogens with one attached hydrogen (secondary N) is 1. The third-order valence-corrected chi connectivity index (χ3v) is 8.40. The number of rotatable bonds is 23. The van der Waals surface area contributed by atoms with E-state index >= 15 is 0 Å². The lowest BCUT2D eigenvalue weighted by Gasteiger charge is -2.31. The molecule has 0 aliphatic heterocycles. The van der Waals surface area contributed by atoms with Crippen LogP contribution in [0.15, 0.2) is 54.6 Å². The number of carbonyl (C=O) groups excluding carboxylic acids is 2. The van der Waals surface area contributed by atoms with Crippen LogP contribution in [-0.2, 0) is 4.79 Å². The third-order valence-electron chi connectivity index (χ3n) is 8.40. The molecule has 2 amide bonds. The summed E-state index contributed by atoms with van der Waals surface area (Å²) in [5, 5.41) is 34.0. The Labute approximate surface area is 273 Å². The van der Waals surface area contributed by atoms with E-state index in [0.717, 1.165) is 12.8 Å². The number of unbranched alkanes of at least 4 members (excludes halogenated alkanes) is 11. The molecule has 0 spiro atoms. The Bertz CT molecular complexity index is 1370. The van der Waals surface area contributed by atoms with E-state index in [1.807, 2.05) is 6.07 Å². The summed E-state index contributed by atoms with van der Waals surface area (Å²) in [6.45, 7) is 1.94. The average molecular weight is 637 g/mol. The zero-order valence-electron chi connectivity index (χ0n) is 27.3. The second kappa shape index (κ2) is 19.6. The van der Waals surface area contributed by atoms with Gasteiger partial charge in [-0.3, -0.25) is 9.59 Å². The summed E-state index contributed by atoms with van der Waals surface area (Å²) in [5.74, 6) is -1.10. The van der Waals surface area contributed by atoms with Gasteiger partial charge in [-0.1, -0.05) is 114 Å². The van der Waals surface area contributed by atoms with Crippen molar-refractivity contribution in [3.05, 3.63) is 60.2 Å². The minimum Gasteiger partial charge on any atom is -0.506 e. The molecule has 0 aromatic heterocycles. The van der Waals surface area contributed by atoms with Gasteiger partial charge in [0.05, 0.1) is 17.9 Å². The number of anilines is 1. The van der Waals surface area contributed by atoms with Crippen LogP contribution in [0.3, 0.4) is 0 Å². The number of fused-ring (bicyclic) bond motifs is 1. The number of nitrogens with two attached hydrogens (primary N) is 1. The van der Waals surface area contributed by atoms with Crippen LogP contribution in [0.1, 0.15) is 107 Å². The SMILES string of the molecule is CCCCCCCCCCCCCCOc1ccccc1NC(=O)c1cc(OC(CCO)(CCO)C(N)=O)c2ccccc2c1O. The van der Waals surface area contributed by atoms with E-state index in [2.05, 4.69) is 12.2 Å². The first-order valence-electron chi connectivity index (χ1n) is 16.9. The van der Waals surface area contributed by atoms with Crippen molar-refractivity contribution in [2.24, 2.45) is 5.73 Å². The molecular weight excluding hydrogens is 584 g/mol. The second-order valence-corrected chi connectivity index (χ2v) is 11.9. The maximum Gasteiger partial charge on any atom is 0.261 e. The highest BCUT2D eigenvalue weighted by Crippen LogP contribution is 2.39. The standard InChI is InChI=1S/C37H52N2O7/c1-2-3-4-5-6-7-8-9-10-11-12-17-26-45-32-21-16-15-20-31(32)39-35(43)30-27-33(28-18-13-14-19-29(28)34(30)42)46-37(22-24-40,23-25-41)36(38)44/h13-16,18-21,27,40-42H,2-12,17,22-26H2,1H3,(H2,38,44)(H,39,43). The molecule has 3 aromatic carbocycles. The Morgan fingerprint density at radius 2 is 1.30 bits per heavy atom. The van der Waals surface area contributed by atoms with Crippen LogP contribution in [0.2, 0.25) is 0 Å². The molecule has 252 valence electrons. The summed E-state index contributed by atoms with van der Waals surface area (Å²) >= 11 is 0. The van der Waals surface area contributed by atoms with Gasteiger partial charge in [0.25, 0.3) is 11.8 Å². The fourth-order valence-corrected chi connectivity index (χ4v) is 5.69. The molecule has 0 fully saturated rings. The number of ether oxygens (including phenoxy) is 2. The summed E-state index contributed by atoms with van der Waals surface area (Å²) in [7, 11) is 0. The minimum atomic E-state index is -1.72. The van der Waals surface area contributed by atoms with Gasteiger partial charge in [0.1, 0.15) is 17.2 Å². The van der Waals surface area contributed by atoms with Gasteiger partial charge < -0.3 is 35.8 Å². The highest BCUT2D eigenvalue weighted by atomic mass is 16.5.